The van der Waals surface area contributed by atoms with E-state index in [1.54, 1.807) is 20.2 Å². The van der Waals surface area contributed by atoms with E-state index in [0.717, 1.165) is 10.0 Å². The van der Waals surface area contributed by atoms with Gasteiger partial charge in [0.1, 0.15) is 5.75 Å². The summed E-state index contributed by atoms with van der Waals surface area (Å²) in [6, 6.07) is 5.51. The highest BCUT2D eigenvalue weighted by molar-refractivity contribution is 9.10. The van der Waals surface area contributed by atoms with Crippen molar-refractivity contribution in [3.8, 4) is 5.75 Å². The number of likely N-dealkylation sites (N-methyl/N-ethyl adjacent to an activating group) is 2. The molecule has 2 amide bonds. The van der Waals surface area contributed by atoms with Gasteiger partial charge >= 0.3 is 0 Å². The lowest BCUT2D eigenvalue weighted by Gasteiger charge is -2.13. The molecule has 0 bridgehead atoms. The van der Waals surface area contributed by atoms with Crippen LogP contribution < -0.4 is 10.1 Å². The number of rotatable bonds is 5. The van der Waals surface area contributed by atoms with E-state index < -0.39 is 0 Å². The van der Waals surface area contributed by atoms with E-state index in [2.05, 4.69) is 21.2 Å². The molecule has 1 aromatic carbocycles. The Kier molecular flexibility index (Phi) is 6.24. The molecule has 0 saturated carbocycles. The maximum atomic E-state index is 11.9. The van der Waals surface area contributed by atoms with Crippen molar-refractivity contribution < 1.29 is 14.3 Å². The fourth-order valence-electron chi connectivity index (χ4n) is 1.50. The number of nitrogens with one attached hydrogen (secondary N) is 1. The molecule has 20 heavy (non-hydrogen) atoms. The second-order valence-electron chi connectivity index (χ2n) is 4.09. The number of hydrogen-bond donors (Lipinski definition) is 1. The average molecular weight is 341 g/mol. The van der Waals surface area contributed by atoms with Gasteiger partial charge in [0.05, 0.1) is 13.7 Å². The Labute approximate surface area is 126 Å². The van der Waals surface area contributed by atoms with Crippen molar-refractivity contribution in [3.63, 3.8) is 0 Å². The number of carbonyl (C=O) groups is 2. The van der Waals surface area contributed by atoms with Gasteiger partial charge in [-0.1, -0.05) is 15.9 Å². The highest BCUT2D eigenvalue weighted by Gasteiger charge is 2.09. The van der Waals surface area contributed by atoms with Crippen LogP contribution in [0.1, 0.15) is 5.56 Å². The minimum Gasteiger partial charge on any atom is -0.496 e. The lowest BCUT2D eigenvalue weighted by atomic mass is 10.2. The van der Waals surface area contributed by atoms with E-state index in [0.29, 0.717) is 5.75 Å². The topological polar surface area (TPSA) is 58.6 Å². The molecule has 0 atom stereocenters. The lowest BCUT2D eigenvalue weighted by molar-refractivity contribution is -0.130. The molecule has 1 N–H and O–H groups in total. The van der Waals surface area contributed by atoms with Crippen LogP contribution in [0.25, 0.3) is 6.08 Å². The summed E-state index contributed by atoms with van der Waals surface area (Å²) in [7, 11) is 4.67. The van der Waals surface area contributed by atoms with E-state index in [-0.39, 0.29) is 18.4 Å². The van der Waals surface area contributed by atoms with Crippen LogP contribution in [0.3, 0.4) is 0 Å². The zero-order valence-electron chi connectivity index (χ0n) is 11.6. The minimum atomic E-state index is -0.254. The monoisotopic (exact) mass is 340 g/mol. The van der Waals surface area contributed by atoms with Gasteiger partial charge in [-0.25, -0.2) is 0 Å². The second kappa shape index (κ2) is 7.69. The predicted molar refractivity (Wildman–Crippen MR) is 81.4 cm³/mol. The summed E-state index contributed by atoms with van der Waals surface area (Å²) in [5, 5.41) is 2.47. The van der Waals surface area contributed by atoms with Gasteiger partial charge in [-0.05, 0) is 24.3 Å². The molecule has 0 spiro atoms. The molecule has 108 valence electrons. The van der Waals surface area contributed by atoms with Crippen LogP contribution in [0.15, 0.2) is 28.7 Å². The van der Waals surface area contributed by atoms with Crippen LogP contribution >= 0.6 is 15.9 Å². The van der Waals surface area contributed by atoms with Crippen LogP contribution in [0, 0.1) is 0 Å². The number of hydrogen-bond acceptors (Lipinski definition) is 3. The van der Waals surface area contributed by atoms with E-state index in [4.69, 9.17) is 4.74 Å². The Bertz CT molecular complexity index is 529. The first-order valence-electron chi connectivity index (χ1n) is 5.95. The smallest absolute Gasteiger partial charge is 0.246 e. The molecule has 1 aromatic rings. The molecule has 0 aromatic heterocycles. The van der Waals surface area contributed by atoms with Crippen LogP contribution in [-0.2, 0) is 9.59 Å². The van der Waals surface area contributed by atoms with E-state index in [9.17, 15) is 9.59 Å². The third-order valence-electron chi connectivity index (χ3n) is 2.63. The molecule has 0 aliphatic rings. The highest BCUT2D eigenvalue weighted by Crippen LogP contribution is 2.24. The fraction of sp³-hybridized carbons (Fsp3) is 0.286. The summed E-state index contributed by atoms with van der Waals surface area (Å²) in [6.45, 7) is 0.0231. The second-order valence-corrected chi connectivity index (χ2v) is 5.00. The molecule has 0 fully saturated rings. The Morgan fingerprint density at radius 2 is 2.15 bits per heavy atom. The number of carbonyl (C=O) groups excluding carboxylic acids is 2. The summed E-state index contributed by atoms with van der Waals surface area (Å²) in [5.74, 6) is 0.205. The van der Waals surface area contributed by atoms with Crippen molar-refractivity contribution in [1.82, 2.24) is 10.2 Å². The zero-order valence-corrected chi connectivity index (χ0v) is 13.2. The van der Waals surface area contributed by atoms with Gasteiger partial charge < -0.3 is 15.0 Å². The zero-order chi connectivity index (χ0) is 15.1. The Balaban J connectivity index is 2.79. The molecular weight excluding hydrogens is 324 g/mol. The van der Waals surface area contributed by atoms with Crippen LogP contribution in [0.5, 0.6) is 5.75 Å². The Morgan fingerprint density at radius 1 is 1.45 bits per heavy atom. The van der Waals surface area contributed by atoms with Crippen LogP contribution in [0.2, 0.25) is 0 Å². The number of methoxy groups -OCH3 is 1. The third kappa shape index (κ3) is 4.70. The van der Waals surface area contributed by atoms with E-state index >= 15 is 0 Å². The average Bonchev–Trinajstić information content (AvgIpc) is 2.44. The van der Waals surface area contributed by atoms with Gasteiger partial charge in [-0.15, -0.1) is 0 Å². The van der Waals surface area contributed by atoms with Crippen molar-refractivity contribution in [2.24, 2.45) is 0 Å². The SMILES string of the molecule is CNC(=O)CN(C)C(=O)C=Cc1cc(Br)ccc1OC. The predicted octanol–water partition coefficient (Wildman–Crippen LogP) is 1.68. The van der Waals surface area contributed by atoms with Crippen molar-refractivity contribution in [2.45, 2.75) is 0 Å². The van der Waals surface area contributed by atoms with Crippen molar-refractivity contribution in [2.75, 3.05) is 27.7 Å². The van der Waals surface area contributed by atoms with Gasteiger partial charge in [-0.2, -0.15) is 0 Å². The number of benzene rings is 1. The molecule has 0 aliphatic carbocycles. The minimum absolute atomic E-state index is 0.0231. The number of amides is 2. The van der Waals surface area contributed by atoms with E-state index in [1.165, 1.54) is 18.0 Å². The number of ether oxygens (including phenoxy) is 1. The van der Waals surface area contributed by atoms with E-state index in [1.807, 2.05) is 18.2 Å². The molecule has 6 heteroatoms. The highest BCUT2D eigenvalue weighted by atomic mass is 79.9. The van der Waals surface area contributed by atoms with Gasteiger partial charge in [0.15, 0.2) is 0 Å². The maximum absolute atomic E-state index is 11.9. The molecule has 5 nitrogen and oxygen atoms in total. The molecule has 0 unspecified atom stereocenters. The number of halogens is 1. The third-order valence-corrected chi connectivity index (χ3v) is 3.13. The van der Waals surface area contributed by atoms with Crippen molar-refractivity contribution in [3.05, 3.63) is 34.3 Å². The van der Waals surface area contributed by atoms with Crippen molar-refractivity contribution >= 4 is 33.8 Å². The molecule has 0 heterocycles. The molecule has 0 saturated heterocycles. The molecule has 1 rings (SSSR count). The number of nitrogens with zero attached hydrogens (tertiary/aromatic N) is 1. The normalized spacial score (nSPS) is 10.4. The Morgan fingerprint density at radius 3 is 2.75 bits per heavy atom. The first-order valence-corrected chi connectivity index (χ1v) is 6.74. The molecule has 0 radical (unpaired) electrons. The quantitative estimate of drug-likeness (QED) is 0.829. The molecule has 0 aliphatic heterocycles. The fourth-order valence-corrected chi connectivity index (χ4v) is 1.87. The largest absolute Gasteiger partial charge is 0.496 e. The van der Waals surface area contributed by atoms with Crippen molar-refractivity contribution in [1.29, 1.82) is 0 Å². The summed E-state index contributed by atoms with van der Waals surface area (Å²) in [6.07, 6.45) is 3.07. The Hall–Kier alpha value is -1.82. The van der Waals surface area contributed by atoms with Gasteiger partial charge in [0.25, 0.3) is 0 Å². The van der Waals surface area contributed by atoms with Crippen LogP contribution in [-0.4, -0.2) is 44.5 Å². The first kappa shape index (κ1) is 16.2. The standard InChI is InChI=1S/C14H17BrN2O3/c1-16-13(18)9-17(2)14(19)7-4-10-8-11(15)5-6-12(10)20-3/h4-8H,9H2,1-3H3,(H,16,18). The summed E-state index contributed by atoms with van der Waals surface area (Å²) < 4.78 is 6.11. The van der Waals surface area contributed by atoms with Gasteiger partial charge in [0, 0.05) is 30.2 Å². The summed E-state index contributed by atoms with van der Waals surface area (Å²) in [5.41, 5.74) is 0.781. The maximum Gasteiger partial charge on any atom is 0.246 e. The lowest BCUT2D eigenvalue weighted by Crippen LogP contribution is -2.36. The first-order chi connectivity index (χ1) is 9.47. The molecular formula is C14H17BrN2O3. The van der Waals surface area contributed by atoms with Gasteiger partial charge in [-0.3, -0.25) is 9.59 Å². The van der Waals surface area contributed by atoms with Gasteiger partial charge in [0.2, 0.25) is 11.8 Å². The van der Waals surface area contributed by atoms with Crippen LogP contribution in [0.4, 0.5) is 0 Å². The summed E-state index contributed by atoms with van der Waals surface area (Å²) in [4.78, 5) is 24.4. The summed E-state index contributed by atoms with van der Waals surface area (Å²) >= 11 is 3.37.